The number of ether oxygens (including phenoxy) is 1. The summed E-state index contributed by atoms with van der Waals surface area (Å²) in [7, 11) is 0. The molecule has 0 aliphatic carbocycles. The zero-order chi connectivity index (χ0) is 24.5. The number of nitrogens with zero attached hydrogens (tertiary/aromatic N) is 5. The van der Waals surface area contributed by atoms with Gasteiger partial charge in [-0.05, 0) is 64.1 Å². The molecule has 4 rings (SSSR count). The normalized spacial score (nSPS) is 12.4. The number of aryl methyl sites for hydroxylation is 1. The van der Waals surface area contributed by atoms with Crippen LogP contribution in [-0.2, 0) is 9.53 Å². The van der Waals surface area contributed by atoms with Gasteiger partial charge < -0.3 is 4.74 Å². The van der Waals surface area contributed by atoms with Gasteiger partial charge in [0.05, 0.1) is 35.5 Å². The van der Waals surface area contributed by atoms with Crippen LogP contribution in [0, 0.1) is 18.3 Å². The standard InChI is InChI=1S/C27H27N5O2/c1-17(12-26(33)34-27(3,4)5)22-9-7-10-23(31-22)19-13-20(15-28)21-16-29-32(24(21)14-19)25-11-6-8-18(2)30-25/h6-11,13-14,16-17H,12H2,1-5H3. The highest BCUT2D eigenvalue weighted by Crippen LogP contribution is 2.29. The Hall–Kier alpha value is -4.05. The van der Waals surface area contributed by atoms with Crippen LogP contribution in [0.5, 0.6) is 0 Å². The highest BCUT2D eigenvalue weighted by Gasteiger charge is 2.20. The molecule has 0 aliphatic heterocycles. The maximum atomic E-state index is 12.3. The first-order valence-electron chi connectivity index (χ1n) is 11.2. The number of pyridine rings is 2. The topological polar surface area (TPSA) is 93.7 Å². The molecular weight excluding hydrogens is 426 g/mol. The molecule has 1 unspecified atom stereocenters. The van der Waals surface area contributed by atoms with Crippen molar-refractivity contribution in [1.29, 1.82) is 5.26 Å². The molecule has 0 saturated carbocycles. The maximum absolute atomic E-state index is 12.3. The van der Waals surface area contributed by atoms with Gasteiger partial charge in [-0.3, -0.25) is 9.78 Å². The molecule has 3 aromatic heterocycles. The first kappa shape index (κ1) is 23.1. The molecule has 4 aromatic rings. The van der Waals surface area contributed by atoms with Gasteiger partial charge in [-0.25, -0.2) is 9.67 Å². The summed E-state index contributed by atoms with van der Waals surface area (Å²) < 4.78 is 7.20. The molecule has 0 spiro atoms. The van der Waals surface area contributed by atoms with Crippen LogP contribution >= 0.6 is 0 Å². The van der Waals surface area contributed by atoms with E-state index in [4.69, 9.17) is 9.72 Å². The molecule has 0 saturated heterocycles. The van der Waals surface area contributed by atoms with Gasteiger partial charge in [0.1, 0.15) is 5.60 Å². The second-order valence-corrected chi connectivity index (χ2v) is 9.40. The molecule has 34 heavy (non-hydrogen) atoms. The van der Waals surface area contributed by atoms with E-state index >= 15 is 0 Å². The van der Waals surface area contributed by atoms with E-state index in [0.717, 1.165) is 33.5 Å². The number of nitriles is 1. The van der Waals surface area contributed by atoms with E-state index in [1.807, 2.05) is 83.1 Å². The van der Waals surface area contributed by atoms with E-state index in [9.17, 15) is 10.1 Å². The number of aromatic nitrogens is 4. The van der Waals surface area contributed by atoms with Gasteiger partial charge in [-0.2, -0.15) is 10.4 Å². The summed E-state index contributed by atoms with van der Waals surface area (Å²) in [5, 5.41) is 15.0. The van der Waals surface area contributed by atoms with E-state index in [1.165, 1.54) is 0 Å². The van der Waals surface area contributed by atoms with Crippen LogP contribution in [0.25, 0.3) is 28.0 Å². The number of hydrogen-bond donors (Lipinski definition) is 0. The van der Waals surface area contributed by atoms with E-state index in [1.54, 1.807) is 10.9 Å². The Morgan fingerprint density at radius 2 is 1.91 bits per heavy atom. The smallest absolute Gasteiger partial charge is 0.306 e. The van der Waals surface area contributed by atoms with Crippen LogP contribution in [0.2, 0.25) is 0 Å². The second kappa shape index (κ2) is 9.06. The Labute approximate surface area is 199 Å². The lowest BCUT2D eigenvalue weighted by atomic mass is 10.0. The molecule has 172 valence electrons. The third-order valence-electron chi connectivity index (χ3n) is 5.36. The molecule has 7 heteroatoms. The van der Waals surface area contributed by atoms with Crippen molar-refractivity contribution in [3.63, 3.8) is 0 Å². The van der Waals surface area contributed by atoms with Gasteiger partial charge >= 0.3 is 5.97 Å². The van der Waals surface area contributed by atoms with E-state index in [0.29, 0.717) is 11.4 Å². The predicted molar refractivity (Wildman–Crippen MR) is 130 cm³/mol. The molecule has 0 radical (unpaired) electrons. The zero-order valence-corrected chi connectivity index (χ0v) is 20.0. The maximum Gasteiger partial charge on any atom is 0.306 e. The fourth-order valence-corrected chi connectivity index (χ4v) is 3.82. The van der Waals surface area contributed by atoms with Crippen molar-refractivity contribution in [2.45, 2.75) is 52.6 Å². The van der Waals surface area contributed by atoms with Crippen LogP contribution in [0.4, 0.5) is 0 Å². The molecule has 0 N–H and O–H groups in total. The van der Waals surface area contributed by atoms with Crippen molar-refractivity contribution in [3.05, 3.63) is 71.7 Å². The SMILES string of the molecule is Cc1cccc(-n2ncc3c(C#N)cc(-c4cccc(C(C)CC(=O)OC(C)(C)C)n4)cc32)n1. The summed E-state index contributed by atoms with van der Waals surface area (Å²) in [5.74, 6) is 0.315. The summed E-state index contributed by atoms with van der Waals surface area (Å²) in [6.45, 7) is 9.45. The van der Waals surface area contributed by atoms with Crippen molar-refractivity contribution in [2.24, 2.45) is 0 Å². The zero-order valence-electron chi connectivity index (χ0n) is 20.0. The number of fused-ring (bicyclic) bond motifs is 1. The fourth-order valence-electron chi connectivity index (χ4n) is 3.82. The van der Waals surface area contributed by atoms with Crippen molar-refractivity contribution < 1.29 is 9.53 Å². The number of carbonyl (C=O) groups excluding carboxylic acids is 1. The largest absolute Gasteiger partial charge is 0.460 e. The number of esters is 1. The lowest BCUT2D eigenvalue weighted by Gasteiger charge is -2.21. The van der Waals surface area contributed by atoms with E-state index in [-0.39, 0.29) is 18.3 Å². The first-order valence-corrected chi connectivity index (χ1v) is 11.2. The minimum absolute atomic E-state index is 0.115. The molecule has 3 heterocycles. The van der Waals surface area contributed by atoms with Crippen LogP contribution in [0.3, 0.4) is 0 Å². The summed E-state index contributed by atoms with van der Waals surface area (Å²) in [4.78, 5) is 21.7. The summed E-state index contributed by atoms with van der Waals surface area (Å²) in [6, 6.07) is 17.5. The molecule has 7 nitrogen and oxygen atoms in total. The molecule has 0 aliphatic rings. The van der Waals surface area contributed by atoms with Gasteiger partial charge in [0.15, 0.2) is 5.82 Å². The Kier molecular flexibility index (Phi) is 6.16. The fraction of sp³-hybridized carbons (Fsp3) is 0.296. The molecule has 0 fully saturated rings. The Morgan fingerprint density at radius 3 is 2.62 bits per heavy atom. The highest BCUT2D eigenvalue weighted by molar-refractivity contribution is 5.90. The lowest BCUT2D eigenvalue weighted by molar-refractivity contribution is -0.155. The van der Waals surface area contributed by atoms with Gasteiger partial charge in [0.25, 0.3) is 0 Å². The Morgan fingerprint density at radius 1 is 1.15 bits per heavy atom. The van der Waals surface area contributed by atoms with Crippen LogP contribution in [0.15, 0.2) is 54.7 Å². The van der Waals surface area contributed by atoms with Crippen molar-refractivity contribution in [2.75, 3.05) is 0 Å². The van der Waals surface area contributed by atoms with Gasteiger partial charge in [-0.15, -0.1) is 0 Å². The second-order valence-electron chi connectivity index (χ2n) is 9.40. The molecule has 0 amide bonds. The monoisotopic (exact) mass is 453 g/mol. The minimum atomic E-state index is -0.524. The third-order valence-corrected chi connectivity index (χ3v) is 5.36. The quantitative estimate of drug-likeness (QED) is 0.371. The summed E-state index contributed by atoms with van der Waals surface area (Å²) in [6.07, 6.45) is 1.93. The van der Waals surface area contributed by atoms with Gasteiger partial charge in [0.2, 0.25) is 0 Å². The Balaban J connectivity index is 1.72. The van der Waals surface area contributed by atoms with Gasteiger partial charge in [-0.1, -0.05) is 19.1 Å². The van der Waals surface area contributed by atoms with Crippen molar-refractivity contribution in [3.8, 4) is 23.1 Å². The average Bonchev–Trinajstić information content (AvgIpc) is 3.21. The van der Waals surface area contributed by atoms with Crippen LogP contribution < -0.4 is 0 Å². The molecule has 0 bridgehead atoms. The number of hydrogen-bond acceptors (Lipinski definition) is 6. The van der Waals surface area contributed by atoms with E-state index < -0.39 is 5.60 Å². The Bertz CT molecular complexity index is 1410. The summed E-state index contributed by atoms with van der Waals surface area (Å²) >= 11 is 0. The number of carbonyl (C=O) groups is 1. The average molecular weight is 454 g/mol. The number of benzene rings is 1. The first-order chi connectivity index (χ1) is 16.1. The lowest BCUT2D eigenvalue weighted by Crippen LogP contribution is -2.24. The third kappa shape index (κ3) is 4.96. The number of rotatable bonds is 5. The predicted octanol–water partition coefficient (Wildman–Crippen LogP) is 5.50. The molecular formula is C27H27N5O2. The van der Waals surface area contributed by atoms with E-state index in [2.05, 4.69) is 16.2 Å². The summed E-state index contributed by atoms with van der Waals surface area (Å²) in [5.41, 5.74) is 3.95. The van der Waals surface area contributed by atoms with Crippen LogP contribution in [0.1, 0.15) is 57.0 Å². The highest BCUT2D eigenvalue weighted by atomic mass is 16.6. The van der Waals surface area contributed by atoms with Crippen molar-refractivity contribution in [1.82, 2.24) is 19.7 Å². The van der Waals surface area contributed by atoms with Crippen molar-refractivity contribution >= 4 is 16.9 Å². The van der Waals surface area contributed by atoms with Gasteiger partial charge in [0, 0.05) is 28.3 Å². The van der Waals surface area contributed by atoms with Crippen LogP contribution in [-0.4, -0.2) is 31.3 Å². The minimum Gasteiger partial charge on any atom is -0.460 e. The molecule has 1 aromatic carbocycles. The molecule has 1 atom stereocenters.